The van der Waals surface area contributed by atoms with Gasteiger partial charge in [-0.1, -0.05) is 175 Å². The number of Topliss-reactive ketones (excluding diaryl/α,β-unsaturated/α-hetero) is 1. The van der Waals surface area contributed by atoms with Crippen molar-refractivity contribution in [1.82, 2.24) is 5.32 Å². The van der Waals surface area contributed by atoms with Crippen LogP contribution in [-0.4, -0.2) is 62.0 Å². The van der Waals surface area contributed by atoms with Gasteiger partial charge in [0, 0.05) is 25.9 Å². The molecule has 4 rings (SSSR count). The number of allylic oxidation sites excluding steroid dienone is 1. The van der Waals surface area contributed by atoms with Crippen LogP contribution in [0, 0.1) is 5.92 Å². The molecule has 9 heteroatoms. The Morgan fingerprint density at radius 3 is 1.84 bits per heavy atom. The Labute approximate surface area is 404 Å². The number of ketones is 1. The maximum Gasteiger partial charge on any atom is 0.329 e. The number of hydrogen-bond donors (Lipinski definition) is 2. The van der Waals surface area contributed by atoms with Crippen molar-refractivity contribution in [3.63, 3.8) is 0 Å². The van der Waals surface area contributed by atoms with Crippen LogP contribution in [0.4, 0.5) is 0 Å². The van der Waals surface area contributed by atoms with Crippen molar-refractivity contribution in [2.45, 2.75) is 168 Å². The molecule has 3 atom stereocenters. The van der Waals surface area contributed by atoms with Crippen LogP contribution in [0.5, 0.6) is 5.75 Å². The Bertz CT molecular complexity index is 2080. The normalized spacial score (nSPS) is 14.0. The standard InChI is InChI=1S/C58H81NO7Si/c1-10-11-12-15-20-29-48(60)30-21-16-13-14-17-26-36-52(58(8,63)41-42-65-67(57(5,6)7,50-32-22-18-23-33-50)51-34-24-19-25-35-51)54(61)59-53(55(62)66-56(2,3)4)43-45-37-39-46(40-38-45)47-28-27-31-49(44-47)64-9/h18-19,22-28,31-40,44,52-53,63H,10-17,20-21,29-30,41-43H2,1-9H3,(H,59,61)/b36-26+/t52-,53+,58+/m1/s1. The van der Waals surface area contributed by atoms with Crippen molar-refractivity contribution >= 4 is 36.4 Å². The summed E-state index contributed by atoms with van der Waals surface area (Å²) >= 11 is 0. The van der Waals surface area contributed by atoms with Gasteiger partial charge in [-0.3, -0.25) is 9.59 Å². The predicted octanol–water partition coefficient (Wildman–Crippen LogP) is 11.9. The summed E-state index contributed by atoms with van der Waals surface area (Å²) in [5.41, 5.74) is 0.482. The van der Waals surface area contributed by atoms with E-state index in [4.69, 9.17) is 13.9 Å². The van der Waals surface area contributed by atoms with E-state index in [1.165, 1.54) is 19.3 Å². The molecule has 0 aliphatic carbocycles. The van der Waals surface area contributed by atoms with E-state index in [0.29, 0.717) is 25.0 Å². The van der Waals surface area contributed by atoms with Crippen molar-refractivity contribution < 1.29 is 33.4 Å². The fourth-order valence-corrected chi connectivity index (χ4v) is 13.4. The van der Waals surface area contributed by atoms with E-state index in [2.05, 4.69) is 57.3 Å². The van der Waals surface area contributed by atoms with Gasteiger partial charge in [0.05, 0.1) is 18.6 Å². The maximum atomic E-state index is 14.7. The molecule has 0 saturated carbocycles. The molecule has 0 saturated heterocycles. The van der Waals surface area contributed by atoms with E-state index in [0.717, 1.165) is 71.3 Å². The first kappa shape index (κ1) is 54.8. The van der Waals surface area contributed by atoms with Crippen LogP contribution in [0.15, 0.2) is 121 Å². The van der Waals surface area contributed by atoms with Gasteiger partial charge in [0.2, 0.25) is 5.91 Å². The van der Waals surface area contributed by atoms with Gasteiger partial charge in [-0.25, -0.2) is 4.79 Å². The number of unbranched alkanes of at least 4 members (excludes halogenated alkanes) is 8. The van der Waals surface area contributed by atoms with Crippen molar-refractivity contribution in [1.29, 1.82) is 0 Å². The Hall–Kier alpha value is -4.83. The molecule has 4 aromatic rings. The summed E-state index contributed by atoms with van der Waals surface area (Å²) < 4.78 is 18.5. The van der Waals surface area contributed by atoms with Gasteiger partial charge in [-0.15, -0.1) is 0 Å². The van der Waals surface area contributed by atoms with Crippen LogP contribution >= 0.6 is 0 Å². The zero-order valence-corrected chi connectivity index (χ0v) is 43.2. The molecule has 0 bridgehead atoms. The van der Waals surface area contributed by atoms with Crippen molar-refractivity contribution in [3.05, 3.63) is 127 Å². The topological polar surface area (TPSA) is 111 Å². The van der Waals surface area contributed by atoms with E-state index in [-0.39, 0.29) is 24.5 Å². The van der Waals surface area contributed by atoms with Gasteiger partial charge < -0.3 is 24.3 Å². The SMILES string of the molecule is CCCCCCCC(=O)CCCCCC/C=C/[C@H](C(=O)N[C@@H](Cc1ccc(-c2cccc(OC)c2)cc1)C(=O)OC(C)(C)C)[C@@](C)(O)CCO[Si](c1ccccc1)(c1ccccc1)C(C)(C)C. The van der Waals surface area contributed by atoms with Crippen LogP contribution < -0.4 is 20.4 Å². The van der Waals surface area contributed by atoms with Gasteiger partial charge in [-0.2, -0.15) is 0 Å². The summed E-state index contributed by atoms with van der Waals surface area (Å²) in [6.07, 6.45) is 15.6. The third kappa shape index (κ3) is 17.3. The van der Waals surface area contributed by atoms with Gasteiger partial charge >= 0.3 is 5.97 Å². The molecule has 67 heavy (non-hydrogen) atoms. The number of aliphatic hydroxyl groups is 1. The first-order valence-electron chi connectivity index (χ1n) is 24.8. The van der Waals surface area contributed by atoms with Crippen LogP contribution in [0.2, 0.25) is 5.04 Å². The molecule has 1 amide bonds. The number of methoxy groups -OCH3 is 1. The molecule has 4 aromatic carbocycles. The Kier molecular flexibility index (Phi) is 21.8. The molecule has 0 spiro atoms. The lowest BCUT2D eigenvalue weighted by atomic mass is 9.84. The molecule has 0 heterocycles. The number of amides is 1. The minimum absolute atomic E-state index is 0.162. The van der Waals surface area contributed by atoms with Crippen molar-refractivity contribution in [2.24, 2.45) is 5.92 Å². The Morgan fingerprint density at radius 2 is 1.28 bits per heavy atom. The molecule has 0 aromatic heterocycles. The second-order valence-corrected chi connectivity index (χ2v) is 24.7. The van der Waals surface area contributed by atoms with Crippen LogP contribution in [0.1, 0.15) is 144 Å². The second-order valence-electron chi connectivity index (χ2n) is 20.4. The Morgan fingerprint density at radius 1 is 0.701 bits per heavy atom. The maximum absolute atomic E-state index is 14.7. The van der Waals surface area contributed by atoms with Gasteiger partial charge in [-0.05, 0) is 104 Å². The summed E-state index contributed by atoms with van der Waals surface area (Å²) in [6, 6.07) is 35.5. The zero-order valence-electron chi connectivity index (χ0n) is 42.2. The van der Waals surface area contributed by atoms with Crippen molar-refractivity contribution in [3.8, 4) is 16.9 Å². The van der Waals surface area contributed by atoms with E-state index < -0.39 is 43.4 Å². The van der Waals surface area contributed by atoms with Gasteiger partial charge in [0.1, 0.15) is 23.2 Å². The highest BCUT2D eigenvalue weighted by Gasteiger charge is 2.50. The molecule has 0 fully saturated rings. The largest absolute Gasteiger partial charge is 0.497 e. The summed E-state index contributed by atoms with van der Waals surface area (Å²) in [5, 5.41) is 17.5. The molecule has 364 valence electrons. The first-order chi connectivity index (χ1) is 31.9. The summed E-state index contributed by atoms with van der Waals surface area (Å²) in [7, 11) is -1.29. The quantitative estimate of drug-likeness (QED) is 0.0252. The van der Waals surface area contributed by atoms with Crippen LogP contribution in [0.25, 0.3) is 11.1 Å². The minimum atomic E-state index is -2.93. The second kappa shape index (κ2) is 26.6. The third-order valence-electron chi connectivity index (χ3n) is 12.6. The lowest BCUT2D eigenvalue weighted by molar-refractivity contribution is -0.159. The zero-order chi connectivity index (χ0) is 48.9. The summed E-state index contributed by atoms with van der Waals surface area (Å²) in [5.74, 6) is -0.907. The third-order valence-corrected chi connectivity index (χ3v) is 17.6. The molecule has 0 aliphatic rings. The van der Waals surface area contributed by atoms with E-state index in [9.17, 15) is 19.5 Å². The lowest BCUT2D eigenvalue weighted by Crippen LogP contribution is -2.66. The summed E-state index contributed by atoms with van der Waals surface area (Å²) in [4.78, 5) is 41.1. The molecule has 0 radical (unpaired) electrons. The minimum Gasteiger partial charge on any atom is -0.497 e. The average Bonchev–Trinajstić information content (AvgIpc) is 3.29. The number of hydrogen-bond acceptors (Lipinski definition) is 7. The molecular weight excluding hydrogens is 851 g/mol. The fourth-order valence-electron chi connectivity index (χ4n) is 8.83. The van der Waals surface area contributed by atoms with E-state index >= 15 is 0 Å². The number of esters is 1. The lowest BCUT2D eigenvalue weighted by Gasteiger charge is -2.43. The average molecular weight is 932 g/mol. The van der Waals surface area contributed by atoms with E-state index in [1.807, 2.05) is 112 Å². The van der Waals surface area contributed by atoms with E-state index in [1.54, 1.807) is 20.1 Å². The molecule has 2 N–H and O–H groups in total. The monoisotopic (exact) mass is 932 g/mol. The van der Waals surface area contributed by atoms with Crippen molar-refractivity contribution in [2.75, 3.05) is 13.7 Å². The fraction of sp³-hybridized carbons (Fsp3) is 0.500. The predicted molar refractivity (Wildman–Crippen MR) is 277 cm³/mol. The number of benzene rings is 4. The van der Waals surface area contributed by atoms with Gasteiger partial charge in [0.25, 0.3) is 8.32 Å². The number of carbonyl (C=O) groups excluding carboxylic acids is 3. The highest BCUT2D eigenvalue weighted by atomic mass is 28.4. The van der Waals surface area contributed by atoms with Crippen LogP contribution in [0.3, 0.4) is 0 Å². The molecular formula is C58H81NO7Si. The summed E-state index contributed by atoms with van der Waals surface area (Å²) in [6.45, 7) is 16.2. The highest BCUT2D eigenvalue weighted by Crippen LogP contribution is 2.37. The molecule has 0 unspecified atom stereocenters. The number of ether oxygens (including phenoxy) is 2. The first-order valence-corrected chi connectivity index (χ1v) is 26.7. The van der Waals surface area contributed by atoms with Gasteiger partial charge in [0.15, 0.2) is 0 Å². The number of rotatable bonds is 28. The smallest absolute Gasteiger partial charge is 0.329 e. The number of nitrogens with one attached hydrogen (secondary N) is 1. The highest BCUT2D eigenvalue weighted by molar-refractivity contribution is 6.99. The van der Waals surface area contributed by atoms with Crippen LogP contribution in [-0.2, 0) is 30.0 Å². The Balaban J connectivity index is 1.56. The molecule has 0 aliphatic heterocycles. The number of carbonyl (C=O) groups is 3. The molecule has 8 nitrogen and oxygen atoms in total.